The number of carbonyl (C=O) groups is 2. The van der Waals surface area contributed by atoms with Crippen LogP contribution in [0.1, 0.15) is 40.1 Å². The molecule has 1 aliphatic heterocycles. The highest BCUT2D eigenvalue weighted by atomic mass is 32.2. The number of nitrogens with zero attached hydrogens (tertiary/aromatic N) is 1. The number of anilines is 1. The second kappa shape index (κ2) is 5.87. The first-order valence-corrected chi connectivity index (χ1v) is 9.02. The van der Waals surface area contributed by atoms with Gasteiger partial charge >= 0.3 is 0 Å². The number of hydrogen-bond donors (Lipinski definition) is 0. The average Bonchev–Trinajstić information content (AvgIpc) is 2.98. The van der Waals surface area contributed by atoms with Gasteiger partial charge < -0.3 is 0 Å². The summed E-state index contributed by atoms with van der Waals surface area (Å²) in [5.74, 6) is -0.152. The molecule has 0 bridgehead atoms. The summed E-state index contributed by atoms with van der Waals surface area (Å²) < 4.78 is 27.1. The van der Waals surface area contributed by atoms with E-state index in [1.807, 2.05) is 0 Å². The van der Waals surface area contributed by atoms with E-state index in [-0.39, 0.29) is 16.5 Å². The Labute approximate surface area is 141 Å². The summed E-state index contributed by atoms with van der Waals surface area (Å²) in [7, 11) is -3.69. The van der Waals surface area contributed by atoms with E-state index in [9.17, 15) is 18.0 Å². The standard InChI is InChI=1S/C18H17NO4S/c1-12(20)14-3-6-17(7-4-14)24(22,23)19-10-9-16-11-15(13(2)21)5-8-18(16)19/h3-8,11H,9-10H2,1-2H3. The van der Waals surface area contributed by atoms with Gasteiger partial charge in [0, 0.05) is 17.7 Å². The van der Waals surface area contributed by atoms with Crippen molar-refractivity contribution in [2.45, 2.75) is 25.2 Å². The summed E-state index contributed by atoms with van der Waals surface area (Å²) >= 11 is 0. The first-order valence-electron chi connectivity index (χ1n) is 7.58. The van der Waals surface area contributed by atoms with Crippen LogP contribution in [0.3, 0.4) is 0 Å². The first kappa shape index (κ1) is 16.4. The van der Waals surface area contributed by atoms with Gasteiger partial charge in [0.25, 0.3) is 10.0 Å². The lowest BCUT2D eigenvalue weighted by Gasteiger charge is -2.19. The molecule has 0 saturated heterocycles. The minimum absolute atomic E-state index is 0.0427. The quantitative estimate of drug-likeness (QED) is 0.800. The van der Waals surface area contributed by atoms with E-state index in [2.05, 4.69) is 0 Å². The van der Waals surface area contributed by atoms with Crippen LogP contribution in [0.5, 0.6) is 0 Å². The zero-order valence-electron chi connectivity index (χ0n) is 13.4. The Balaban J connectivity index is 1.98. The van der Waals surface area contributed by atoms with Gasteiger partial charge in [0.1, 0.15) is 0 Å². The molecule has 0 atom stereocenters. The van der Waals surface area contributed by atoms with Crippen LogP contribution in [0.4, 0.5) is 5.69 Å². The number of fused-ring (bicyclic) bond motifs is 1. The monoisotopic (exact) mass is 343 g/mol. The second-order valence-electron chi connectivity index (χ2n) is 5.81. The average molecular weight is 343 g/mol. The molecule has 1 heterocycles. The van der Waals surface area contributed by atoms with Crippen LogP contribution < -0.4 is 4.31 Å². The van der Waals surface area contributed by atoms with Gasteiger partial charge in [0.15, 0.2) is 11.6 Å². The maximum absolute atomic E-state index is 12.9. The fourth-order valence-corrected chi connectivity index (χ4v) is 4.33. The summed E-state index contributed by atoms with van der Waals surface area (Å²) in [6.45, 7) is 3.27. The molecule has 1 aliphatic rings. The number of hydrogen-bond acceptors (Lipinski definition) is 4. The predicted molar refractivity (Wildman–Crippen MR) is 91.1 cm³/mol. The van der Waals surface area contributed by atoms with Crippen molar-refractivity contribution in [1.82, 2.24) is 0 Å². The number of carbonyl (C=O) groups excluding carboxylic acids is 2. The Morgan fingerprint density at radius 1 is 0.917 bits per heavy atom. The normalized spacial score (nSPS) is 13.7. The van der Waals surface area contributed by atoms with Gasteiger partial charge in [-0.25, -0.2) is 8.42 Å². The molecule has 0 fully saturated rings. The third-order valence-corrected chi connectivity index (χ3v) is 6.02. The molecule has 2 aromatic rings. The van der Waals surface area contributed by atoms with Gasteiger partial charge in [-0.2, -0.15) is 0 Å². The van der Waals surface area contributed by atoms with E-state index in [4.69, 9.17) is 0 Å². The molecule has 0 aliphatic carbocycles. The first-order chi connectivity index (χ1) is 11.3. The van der Waals surface area contributed by atoms with E-state index in [1.54, 1.807) is 18.2 Å². The zero-order valence-corrected chi connectivity index (χ0v) is 14.3. The molecule has 6 heteroatoms. The topological polar surface area (TPSA) is 71.5 Å². The Morgan fingerprint density at radius 2 is 1.50 bits per heavy atom. The van der Waals surface area contributed by atoms with E-state index >= 15 is 0 Å². The molecule has 0 unspecified atom stereocenters. The number of Topliss-reactive ketones (excluding diaryl/α,β-unsaturated/α-hetero) is 2. The molecule has 0 radical (unpaired) electrons. The van der Waals surface area contributed by atoms with Crippen molar-refractivity contribution in [3.05, 3.63) is 59.2 Å². The summed E-state index contributed by atoms with van der Waals surface area (Å²) in [6.07, 6.45) is 0.571. The van der Waals surface area contributed by atoms with E-state index in [0.29, 0.717) is 29.8 Å². The summed E-state index contributed by atoms with van der Waals surface area (Å²) in [6, 6.07) is 11.0. The summed E-state index contributed by atoms with van der Waals surface area (Å²) in [4.78, 5) is 22.9. The highest BCUT2D eigenvalue weighted by molar-refractivity contribution is 7.92. The highest BCUT2D eigenvalue weighted by Gasteiger charge is 2.31. The lowest BCUT2D eigenvalue weighted by atomic mass is 10.1. The van der Waals surface area contributed by atoms with Crippen LogP contribution >= 0.6 is 0 Å². The van der Waals surface area contributed by atoms with Crippen molar-refractivity contribution in [3.63, 3.8) is 0 Å². The largest absolute Gasteiger partial charge is 0.295 e. The molecular formula is C18H17NO4S. The fourth-order valence-electron chi connectivity index (χ4n) is 2.83. The number of benzene rings is 2. The highest BCUT2D eigenvalue weighted by Crippen LogP contribution is 2.33. The van der Waals surface area contributed by atoms with Gasteiger partial charge in [-0.05, 0) is 56.2 Å². The van der Waals surface area contributed by atoms with Gasteiger partial charge in [0.2, 0.25) is 0 Å². The smallest absolute Gasteiger partial charge is 0.264 e. The molecule has 0 spiro atoms. The van der Waals surface area contributed by atoms with E-state index in [1.165, 1.54) is 42.4 Å². The third-order valence-electron chi connectivity index (χ3n) is 4.19. The summed E-state index contributed by atoms with van der Waals surface area (Å²) in [5, 5.41) is 0. The second-order valence-corrected chi connectivity index (χ2v) is 7.67. The van der Waals surface area contributed by atoms with Crippen LogP contribution in [0.2, 0.25) is 0 Å². The maximum atomic E-state index is 12.9. The third kappa shape index (κ3) is 2.73. The van der Waals surface area contributed by atoms with Gasteiger partial charge in [0.05, 0.1) is 10.6 Å². The lowest BCUT2D eigenvalue weighted by molar-refractivity contribution is 0.100. The SMILES string of the molecule is CC(=O)c1ccc(S(=O)(=O)N2CCc3cc(C(C)=O)ccc32)cc1. The molecule has 2 aromatic carbocycles. The molecule has 124 valence electrons. The minimum atomic E-state index is -3.69. The zero-order chi connectivity index (χ0) is 17.5. The Morgan fingerprint density at radius 3 is 2.08 bits per heavy atom. The number of ketones is 2. The Bertz CT molecular complexity index is 930. The van der Waals surface area contributed by atoms with Crippen LogP contribution in [-0.2, 0) is 16.4 Å². The van der Waals surface area contributed by atoms with Crippen molar-refractivity contribution in [2.24, 2.45) is 0 Å². The predicted octanol–water partition coefficient (Wildman–Crippen LogP) is 2.84. The molecule has 0 aromatic heterocycles. The molecule has 24 heavy (non-hydrogen) atoms. The van der Waals surface area contributed by atoms with E-state index < -0.39 is 10.0 Å². The van der Waals surface area contributed by atoms with Gasteiger partial charge in [-0.15, -0.1) is 0 Å². The minimum Gasteiger partial charge on any atom is -0.295 e. The summed E-state index contributed by atoms with van der Waals surface area (Å²) in [5.41, 5.74) is 2.52. The van der Waals surface area contributed by atoms with Crippen molar-refractivity contribution in [1.29, 1.82) is 0 Å². The van der Waals surface area contributed by atoms with Crippen molar-refractivity contribution in [2.75, 3.05) is 10.8 Å². The van der Waals surface area contributed by atoms with Crippen LogP contribution in [0.25, 0.3) is 0 Å². The van der Waals surface area contributed by atoms with Crippen LogP contribution in [0, 0.1) is 0 Å². The Kier molecular flexibility index (Phi) is 4.01. The maximum Gasteiger partial charge on any atom is 0.264 e. The lowest BCUT2D eigenvalue weighted by Crippen LogP contribution is -2.29. The molecule has 0 amide bonds. The fraction of sp³-hybridized carbons (Fsp3) is 0.222. The molecule has 0 saturated carbocycles. The van der Waals surface area contributed by atoms with Crippen LogP contribution in [0.15, 0.2) is 47.4 Å². The number of sulfonamides is 1. The molecular weight excluding hydrogens is 326 g/mol. The van der Waals surface area contributed by atoms with Gasteiger partial charge in [-0.3, -0.25) is 13.9 Å². The molecule has 0 N–H and O–H groups in total. The van der Waals surface area contributed by atoms with E-state index in [0.717, 1.165) is 5.56 Å². The molecule has 5 nitrogen and oxygen atoms in total. The number of rotatable bonds is 4. The van der Waals surface area contributed by atoms with Gasteiger partial charge in [-0.1, -0.05) is 12.1 Å². The Hall–Kier alpha value is -2.47. The van der Waals surface area contributed by atoms with Crippen molar-refractivity contribution < 1.29 is 18.0 Å². The molecule has 3 rings (SSSR count). The van der Waals surface area contributed by atoms with Crippen LogP contribution in [-0.4, -0.2) is 26.5 Å². The van der Waals surface area contributed by atoms with Crippen molar-refractivity contribution in [3.8, 4) is 0 Å². The van der Waals surface area contributed by atoms with Crippen molar-refractivity contribution >= 4 is 27.3 Å².